The van der Waals surface area contributed by atoms with Crippen LogP contribution in [0.5, 0.6) is 0 Å². The quantitative estimate of drug-likeness (QED) is 0.578. The van der Waals surface area contributed by atoms with Crippen LogP contribution in [0.15, 0.2) is 83.3 Å². The van der Waals surface area contributed by atoms with Gasteiger partial charge in [-0.1, -0.05) is 55.5 Å². The molecule has 0 heterocycles. The van der Waals surface area contributed by atoms with E-state index in [1.165, 1.54) is 17.0 Å². The number of carbonyl (C=O) groups is 2. The van der Waals surface area contributed by atoms with Crippen LogP contribution in [-0.4, -0.2) is 44.0 Å². The second-order valence-corrected chi connectivity index (χ2v) is 11.2. The van der Waals surface area contributed by atoms with Crippen LogP contribution in [0.25, 0.3) is 0 Å². The standard InChI is InChI=1S/C27H27F2N2O4S/c1-2-36(34,35)24-14-8-19(9-15-24)16-25(32)30-21-12-10-20(11-13-21)26(33)31(22-6-4-3-5-7-22)23-17-27(28,29)18-23/h3-15,21,23H,2,16-18H2,1H3,(H,30,32). The number of hydrogen-bond acceptors (Lipinski definition) is 4. The van der Waals surface area contributed by atoms with Gasteiger partial charge in [-0.25, -0.2) is 17.2 Å². The number of nitrogens with one attached hydrogen (secondary N) is 1. The van der Waals surface area contributed by atoms with Gasteiger partial charge in [0.1, 0.15) is 0 Å². The maximum absolute atomic E-state index is 13.5. The highest BCUT2D eigenvalue weighted by atomic mass is 32.2. The molecule has 9 heteroatoms. The zero-order valence-corrected chi connectivity index (χ0v) is 20.5. The van der Waals surface area contributed by atoms with Gasteiger partial charge < -0.3 is 10.2 Å². The number of alkyl halides is 2. The molecule has 189 valence electrons. The Kier molecular flexibility index (Phi) is 7.40. The molecule has 0 saturated heterocycles. The Labute approximate surface area is 209 Å². The highest BCUT2D eigenvalue weighted by molar-refractivity contribution is 7.91. The Morgan fingerprint density at radius 1 is 1.06 bits per heavy atom. The SMILES string of the molecule is CCS(=O)(=O)c1ccc(CC(=O)NC2[CH]C=C(C(=O)N(c3ccccc3)C3CC(F)(F)C3)C=C2)cc1. The summed E-state index contributed by atoms with van der Waals surface area (Å²) in [5, 5.41) is 2.83. The van der Waals surface area contributed by atoms with E-state index >= 15 is 0 Å². The first-order valence-corrected chi connectivity index (χ1v) is 13.3. The van der Waals surface area contributed by atoms with E-state index in [1.807, 2.05) is 0 Å². The first kappa shape index (κ1) is 25.8. The Balaban J connectivity index is 1.36. The van der Waals surface area contributed by atoms with E-state index in [4.69, 9.17) is 0 Å². The van der Waals surface area contributed by atoms with E-state index in [0.29, 0.717) is 16.8 Å². The molecule has 0 spiro atoms. The Bertz CT molecular complexity index is 1280. The van der Waals surface area contributed by atoms with Gasteiger partial charge in [0.2, 0.25) is 5.91 Å². The Morgan fingerprint density at radius 2 is 1.72 bits per heavy atom. The van der Waals surface area contributed by atoms with Gasteiger partial charge >= 0.3 is 0 Å². The van der Waals surface area contributed by atoms with Crippen molar-refractivity contribution in [1.29, 1.82) is 0 Å². The molecule has 1 unspecified atom stereocenters. The molecule has 0 bridgehead atoms. The number of carbonyl (C=O) groups excluding carboxylic acids is 2. The fourth-order valence-electron chi connectivity index (χ4n) is 4.21. The molecule has 4 rings (SSSR count). The number of hydrogen-bond donors (Lipinski definition) is 1. The lowest BCUT2D eigenvalue weighted by Gasteiger charge is -2.42. The first-order chi connectivity index (χ1) is 17.1. The predicted molar refractivity (Wildman–Crippen MR) is 133 cm³/mol. The monoisotopic (exact) mass is 513 g/mol. The number of amides is 2. The van der Waals surface area contributed by atoms with E-state index in [9.17, 15) is 26.8 Å². The highest BCUT2D eigenvalue weighted by Gasteiger charge is 2.49. The van der Waals surface area contributed by atoms with Gasteiger partial charge in [-0.2, -0.15) is 0 Å². The molecule has 2 amide bonds. The number of sulfone groups is 1. The summed E-state index contributed by atoms with van der Waals surface area (Å²) in [5.74, 6) is -3.40. The fraction of sp³-hybridized carbons (Fsp3) is 0.296. The average molecular weight is 514 g/mol. The van der Waals surface area contributed by atoms with Crippen LogP contribution in [0.4, 0.5) is 14.5 Å². The van der Waals surface area contributed by atoms with Crippen LogP contribution in [0, 0.1) is 6.42 Å². The van der Waals surface area contributed by atoms with Crippen LogP contribution < -0.4 is 10.2 Å². The molecule has 1 saturated carbocycles. The Hall–Kier alpha value is -3.33. The number of benzene rings is 2. The average Bonchev–Trinajstić information content (AvgIpc) is 2.84. The van der Waals surface area contributed by atoms with Gasteiger partial charge in [0.25, 0.3) is 11.8 Å². The van der Waals surface area contributed by atoms with Crippen molar-refractivity contribution in [2.75, 3.05) is 10.7 Å². The van der Waals surface area contributed by atoms with Crippen molar-refractivity contribution in [3.05, 3.63) is 90.4 Å². The normalized spacial score (nSPS) is 19.2. The van der Waals surface area contributed by atoms with Crippen molar-refractivity contribution in [1.82, 2.24) is 5.32 Å². The van der Waals surface area contributed by atoms with E-state index < -0.39 is 27.8 Å². The van der Waals surface area contributed by atoms with E-state index in [1.54, 1.807) is 74.0 Å². The summed E-state index contributed by atoms with van der Waals surface area (Å²) in [4.78, 5) is 27.4. The molecule has 0 aromatic heterocycles. The molecular formula is C27H27F2N2O4S. The maximum atomic E-state index is 13.5. The number of halogens is 2. The number of rotatable bonds is 8. The molecule has 2 aromatic rings. The topological polar surface area (TPSA) is 83.5 Å². The maximum Gasteiger partial charge on any atom is 0.258 e. The van der Waals surface area contributed by atoms with Gasteiger partial charge in [0, 0.05) is 36.6 Å². The van der Waals surface area contributed by atoms with E-state index in [-0.39, 0.29) is 41.7 Å². The molecule has 1 atom stereocenters. The summed E-state index contributed by atoms with van der Waals surface area (Å²) >= 11 is 0. The summed E-state index contributed by atoms with van der Waals surface area (Å²) < 4.78 is 50.9. The molecule has 2 aromatic carbocycles. The summed E-state index contributed by atoms with van der Waals surface area (Å²) in [5.41, 5.74) is 1.57. The number of anilines is 1. The van der Waals surface area contributed by atoms with E-state index in [0.717, 1.165) is 0 Å². The molecule has 36 heavy (non-hydrogen) atoms. The summed E-state index contributed by atoms with van der Waals surface area (Å²) in [7, 11) is -3.30. The van der Waals surface area contributed by atoms with Crippen molar-refractivity contribution in [2.45, 2.75) is 49.1 Å². The van der Waals surface area contributed by atoms with Gasteiger partial charge in [-0.05, 0) is 29.8 Å². The largest absolute Gasteiger partial charge is 0.349 e. The molecule has 1 fully saturated rings. The van der Waals surface area contributed by atoms with Gasteiger partial charge in [0.05, 0.1) is 23.1 Å². The predicted octanol–water partition coefficient (Wildman–Crippen LogP) is 4.04. The highest BCUT2D eigenvalue weighted by Crippen LogP contribution is 2.42. The van der Waals surface area contributed by atoms with Crippen LogP contribution in [0.1, 0.15) is 25.3 Å². The van der Waals surface area contributed by atoms with Crippen LogP contribution in [0.2, 0.25) is 0 Å². The minimum Gasteiger partial charge on any atom is -0.349 e. The second kappa shape index (κ2) is 10.3. The van der Waals surface area contributed by atoms with Crippen molar-refractivity contribution in [2.24, 2.45) is 0 Å². The first-order valence-electron chi connectivity index (χ1n) is 11.7. The molecule has 2 aliphatic rings. The third-order valence-corrected chi connectivity index (χ3v) is 8.01. The minimum absolute atomic E-state index is 0.00490. The second-order valence-electron chi connectivity index (χ2n) is 8.92. The van der Waals surface area contributed by atoms with Gasteiger partial charge in [0.15, 0.2) is 9.84 Å². The smallest absolute Gasteiger partial charge is 0.258 e. The fourth-order valence-corrected chi connectivity index (χ4v) is 5.09. The molecular weight excluding hydrogens is 486 g/mol. The van der Waals surface area contributed by atoms with Crippen molar-refractivity contribution in [3.63, 3.8) is 0 Å². The Morgan fingerprint density at radius 3 is 2.28 bits per heavy atom. The minimum atomic E-state index is -3.30. The summed E-state index contributed by atoms with van der Waals surface area (Å²) in [6, 6.07) is 13.9. The zero-order chi connectivity index (χ0) is 25.9. The van der Waals surface area contributed by atoms with Gasteiger partial charge in [-0.3, -0.25) is 9.59 Å². The molecule has 6 nitrogen and oxygen atoms in total. The summed E-state index contributed by atoms with van der Waals surface area (Å²) in [6.45, 7) is 1.57. The number of para-hydroxylation sites is 1. The number of nitrogens with zero attached hydrogens (tertiary/aromatic N) is 1. The summed E-state index contributed by atoms with van der Waals surface area (Å²) in [6.07, 6.45) is 5.82. The molecule has 1 N–H and O–H groups in total. The van der Waals surface area contributed by atoms with Crippen LogP contribution >= 0.6 is 0 Å². The molecule has 2 aliphatic carbocycles. The lowest BCUT2D eigenvalue weighted by atomic mass is 9.85. The third-order valence-electron chi connectivity index (χ3n) is 6.25. The molecule has 1 radical (unpaired) electrons. The van der Waals surface area contributed by atoms with Crippen LogP contribution in [-0.2, 0) is 25.8 Å². The van der Waals surface area contributed by atoms with Crippen LogP contribution in [0.3, 0.4) is 0 Å². The zero-order valence-electron chi connectivity index (χ0n) is 19.7. The lowest BCUT2D eigenvalue weighted by Crippen LogP contribution is -2.53. The van der Waals surface area contributed by atoms with Crippen molar-refractivity contribution in [3.8, 4) is 0 Å². The van der Waals surface area contributed by atoms with Crippen molar-refractivity contribution >= 4 is 27.3 Å². The van der Waals surface area contributed by atoms with Gasteiger partial charge in [-0.15, -0.1) is 0 Å². The van der Waals surface area contributed by atoms with E-state index in [2.05, 4.69) is 5.32 Å². The lowest BCUT2D eigenvalue weighted by molar-refractivity contribution is -0.121. The van der Waals surface area contributed by atoms with Crippen molar-refractivity contribution < 1.29 is 26.8 Å². The molecule has 0 aliphatic heterocycles. The third kappa shape index (κ3) is 5.90.